The lowest BCUT2D eigenvalue weighted by Crippen LogP contribution is -2.04. The molecule has 0 fully saturated rings. The molecule has 84 valence electrons. The van der Waals surface area contributed by atoms with E-state index in [-0.39, 0.29) is 10.7 Å². The molecule has 0 aliphatic rings. The fraction of sp³-hybridized carbons (Fsp3) is 0. The second-order valence-electron chi connectivity index (χ2n) is 3.12. The second-order valence-corrected chi connectivity index (χ2v) is 4.07. The highest BCUT2D eigenvalue weighted by Gasteiger charge is 2.18. The van der Waals surface area contributed by atoms with E-state index in [2.05, 4.69) is 0 Å². The van der Waals surface area contributed by atoms with Crippen LogP contribution in [0.5, 0.6) is 0 Å². The van der Waals surface area contributed by atoms with Gasteiger partial charge in [-0.25, -0.2) is 0 Å². The summed E-state index contributed by atoms with van der Waals surface area (Å²) in [6.45, 7) is 0. The molecule has 0 spiro atoms. The Bertz CT molecular complexity index is 472. The molecule has 2 aromatic rings. The average molecular weight is 247 g/mol. The minimum absolute atomic E-state index is 0.0777. The molecule has 6 heteroatoms. The van der Waals surface area contributed by atoms with Crippen molar-refractivity contribution in [2.45, 2.75) is 0 Å². The van der Waals surface area contributed by atoms with Gasteiger partial charge in [-0.3, -0.25) is 0 Å². The molecule has 0 saturated carbocycles. The summed E-state index contributed by atoms with van der Waals surface area (Å²) < 4.78 is 50.6. The molecule has 0 aliphatic carbocycles. The van der Waals surface area contributed by atoms with Crippen LogP contribution in [0.2, 0.25) is 0 Å². The van der Waals surface area contributed by atoms with Crippen molar-refractivity contribution < 1.29 is 17.4 Å². The van der Waals surface area contributed by atoms with Gasteiger partial charge in [0.05, 0.1) is 0 Å². The first-order chi connectivity index (χ1) is 7.61. The minimum Gasteiger partial charge on any atom is -0.183 e. The summed E-state index contributed by atoms with van der Waals surface area (Å²) in [7, 11) is -3.40. The molecule has 0 amide bonds. The van der Waals surface area contributed by atoms with E-state index < -0.39 is 19.6 Å². The first-order valence-electron chi connectivity index (χ1n) is 4.36. The monoisotopic (exact) mass is 247 g/mol. The van der Waals surface area contributed by atoms with Crippen LogP contribution in [0, 0.1) is 0 Å². The van der Waals surface area contributed by atoms with E-state index in [9.17, 15) is 17.4 Å². The molecule has 1 nitrogen and oxygen atoms in total. The van der Waals surface area contributed by atoms with Gasteiger partial charge in [0.15, 0.2) is 0 Å². The zero-order chi connectivity index (χ0) is 11.7. The highest BCUT2D eigenvalue weighted by atomic mass is 31.2. The Morgan fingerprint density at radius 2 is 1.56 bits per heavy atom. The van der Waals surface area contributed by atoms with Crippen LogP contribution in [0.1, 0.15) is 0 Å². The van der Waals surface area contributed by atoms with Crippen molar-refractivity contribution in [3.05, 3.63) is 36.4 Å². The van der Waals surface area contributed by atoms with Crippen LogP contribution < -0.4 is 10.6 Å². The molecule has 0 aromatic heterocycles. The Labute approximate surface area is 90.1 Å². The molecular formula is C10H6F4NP. The van der Waals surface area contributed by atoms with E-state index in [4.69, 9.17) is 0 Å². The number of rotatable bonds is 2. The van der Waals surface area contributed by atoms with Gasteiger partial charge in [-0.15, -0.1) is 0 Å². The van der Waals surface area contributed by atoms with E-state index in [1.165, 1.54) is 30.3 Å². The number of hydrogen-bond donors (Lipinski definition) is 0. The van der Waals surface area contributed by atoms with Gasteiger partial charge >= 0.3 is 0 Å². The zero-order valence-electron chi connectivity index (χ0n) is 7.87. The molecule has 0 N–H and O–H groups in total. The third kappa shape index (κ3) is 1.83. The van der Waals surface area contributed by atoms with E-state index in [0.29, 0.717) is 5.39 Å². The van der Waals surface area contributed by atoms with E-state index in [1.807, 2.05) is 0 Å². The average Bonchev–Trinajstić information content (AvgIpc) is 2.27. The molecule has 0 unspecified atom stereocenters. The lowest BCUT2D eigenvalue weighted by molar-refractivity contribution is 0.236. The van der Waals surface area contributed by atoms with Crippen LogP contribution in [-0.4, -0.2) is 0 Å². The summed E-state index contributed by atoms with van der Waals surface area (Å²) in [5, 5.41) is -1.14. The van der Waals surface area contributed by atoms with Gasteiger partial charge in [-0.1, -0.05) is 33.2 Å². The van der Waals surface area contributed by atoms with Crippen molar-refractivity contribution in [2.24, 2.45) is 0 Å². The van der Waals surface area contributed by atoms with Crippen molar-refractivity contribution >= 4 is 30.3 Å². The standard InChI is InChI=1S/C10H6F4NP/c11-15(12)8-5-1-3-7-4-2-6-9(10(7)8)16(13)14/h1-6H. The van der Waals surface area contributed by atoms with Gasteiger partial charge < -0.3 is 0 Å². The maximum Gasteiger partial charge on any atom is 0.298 e. The Hall–Kier alpha value is -1.35. The molecule has 0 aliphatic heterocycles. The van der Waals surface area contributed by atoms with Crippen molar-refractivity contribution in [1.29, 1.82) is 0 Å². The first kappa shape index (κ1) is 11.1. The highest BCUT2D eigenvalue weighted by Crippen LogP contribution is 2.42. The first-order valence-corrected chi connectivity index (χ1v) is 5.48. The van der Waals surface area contributed by atoms with Crippen molar-refractivity contribution in [3.8, 4) is 0 Å². The van der Waals surface area contributed by atoms with E-state index >= 15 is 0 Å². The number of anilines is 1. The van der Waals surface area contributed by atoms with Gasteiger partial charge in [0.1, 0.15) is 5.69 Å². The number of hydrogen-bond acceptors (Lipinski definition) is 1. The minimum atomic E-state index is -3.40. The summed E-state index contributed by atoms with van der Waals surface area (Å²) in [6, 6.07) is 8.21. The normalized spacial score (nSPS) is 11.1. The van der Waals surface area contributed by atoms with Gasteiger partial charge in [0.2, 0.25) is 0 Å². The molecule has 0 heterocycles. The number of halogens is 4. The van der Waals surface area contributed by atoms with Crippen LogP contribution >= 0.6 is 8.54 Å². The zero-order valence-corrected chi connectivity index (χ0v) is 8.76. The fourth-order valence-corrected chi connectivity index (χ4v) is 2.19. The Morgan fingerprint density at radius 3 is 2.12 bits per heavy atom. The summed E-state index contributed by atoms with van der Waals surface area (Å²) in [5.74, 6) is 0. The topological polar surface area (TPSA) is 3.24 Å². The summed E-state index contributed by atoms with van der Waals surface area (Å²) >= 11 is 0. The SMILES string of the molecule is FN(F)c1cccc2cccc(P(F)F)c12. The fourth-order valence-electron chi connectivity index (χ4n) is 1.58. The third-order valence-electron chi connectivity index (χ3n) is 2.22. The summed E-state index contributed by atoms with van der Waals surface area (Å²) in [4.78, 5) is 0. The van der Waals surface area contributed by atoms with Crippen molar-refractivity contribution in [1.82, 2.24) is 0 Å². The smallest absolute Gasteiger partial charge is 0.183 e. The van der Waals surface area contributed by atoms with Gasteiger partial charge in [0, 0.05) is 10.7 Å². The quantitative estimate of drug-likeness (QED) is 0.434. The molecule has 0 atom stereocenters. The Morgan fingerprint density at radius 1 is 0.938 bits per heavy atom. The predicted molar refractivity (Wildman–Crippen MR) is 57.4 cm³/mol. The van der Waals surface area contributed by atoms with Gasteiger partial charge in [-0.05, 0) is 22.9 Å². The van der Waals surface area contributed by atoms with Crippen molar-refractivity contribution in [2.75, 3.05) is 5.34 Å². The lowest BCUT2D eigenvalue weighted by Gasteiger charge is -2.10. The van der Waals surface area contributed by atoms with Crippen LogP contribution in [0.25, 0.3) is 10.8 Å². The van der Waals surface area contributed by atoms with Crippen LogP contribution in [0.4, 0.5) is 23.0 Å². The van der Waals surface area contributed by atoms with Crippen molar-refractivity contribution in [3.63, 3.8) is 0 Å². The van der Waals surface area contributed by atoms with Crippen LogP contribution in [-0.2, 0) is 0 Å². The highest BCUT2D eigenvalue weighted by molar-refractivity contribution is 7.55. The van der Waals surface area contributed by atoms with Crippen LogP contribution in [0.15, 0.2) is 36.4 Å². The summed E-state index contributed by atoms with van der Waals surface area (Å²) in [5.41, 5.74) is -0.490. The maximum atomic E-state index is 12.7. The number of nitrogens with zero attached hydrogens (tertiary/aromatic N) is 1. The van der Waals surface area contributed by atoms with Crippen LogP contribution in [0.3, 0.4) is 0 Å². The summed E-state index contributed by atoms with van der Waals surface area (Å²) in [6.07, 6.45) is 0. The Kier molecular flexibility index (Phi) is 2.97. The molecule has 16 heavy (non-hydrogen) atoms. The van der Waals surface area contributed by atoms with Gasteiger partial charge in [0.25, 0.3) is 8.54 Å². The third-order valence-corrected chi connectivity index (χ3v) is 2.96. The molecule has 2 aromatic carbocycles. The van der Waals surface area contributed by atoms with E-state index in [0.717, 1.165) is 6.07 Å². The molecular weight excluding hydrogens is 241 g/mol. The molecule has 0 radical (unpaired) electrons. The number of fused-ring (bicyclic) bond motifs is 1. The molecule has 0 saturated heterocycles. The molecule has 2 rings (SSSR count). The maximum absolute atomic E-state index is 12.7. The Balaban J connectivity index is 2.82. The lowest BCUT2D eigenvalue weighted by atomic mass is 10.1. The largest absolute Gasteiger partial charge is 0.298 e. The number of benzene rings is 2. The molecule has 0 bridgehead atoms. The predicted octanol–water partition coefficient (Wildman–Crippen LogP) is 4.29. The van der Waals surface area contributed by atoms with Gasteiger partial charge in [-0.2, -0.15) is 8.39 Å². The second kappa shape index (κ2) is 4.26. The van der Waals surface area contributed by atoms with E-state index in [1.54, 1.807) is 0 Å².